The van der Waals surface area contributed by atoms with Crippen LogP contribution in [-0.2, 0) is 13.3 Å². The van der Waals surface area contributed by atoms with Gasteiger partial charge in [-0.15, -0.1) is 0 Å². The highest BCUT2D eigenvalue weighted by molar-refractivity contribution is 6.36. The molecule has 0 spiro atoms. The molecule has 0 bridgehead atoms. The molecule has 5 nitrogen and oxygen atoms in total. The van der Waals surface area contributed by atoms with E-state index >= 15 is 0 Å². The summed E-state index contributed by atoms with van der Waals surface area (Å²) >= 11 is 0. The van der Waals surface area contributed by atoms with Gasteiger partial charge in [0.15, 0.2) is 0 Å². The summed E-state index contributed by atoms with van der Waals surface area (Å²) in [5.41, 5.74) is 2.74. The fourth-order valence-electron chi connectivity index (χ4n) is 2.17. The molecule has 113 valence electrons. The summed E-state index contributed by atoms with van der Waals surface area (Å²) in [6, 6.07) is 8.60. The second-order valence-corrected chi connectivity index (χ2v) is 6.18. The van der Waals surface area contributed by atoms with Crippen LogP contribution < -0.4 is 9.80 Å². The maximum Gasteiger partial charge on any atom is 0.576 e. The van der Waals surface area contributed by atoms with Crippen molar-refractivity contribution in [3.63, 3.8) is 0 Å². The SMILES string of the molecule is CCCN1CN(C)c2ccccc21.CO[Si](OC)OC. The minimum absolute atomic E-state index is 1.03. The molecule has 2 rings (SSSR count). The molecule has 0 saturated heterocycles. The van der Waals surface area contributed by atoms with Crippen LogP contribution >= 0.6 is 0 Å². The first-order chi connectivity index (χ1) is 9.67. The van der Waals surface area contributed by atoms with E-state index in [0.29, 0.717) is 0 Å². The van der Waals surface area contributed by atoms with Crippen LogP contribution in [0.25, 0.3) is 0 Å². The lowest BCUT2D eigenvalue weighted by Crippen LogP contribution is -2.28. The van der Waals surface area contributed by atoms with Crippen LogP contribution in [0.4, 0.5) is 11.4 Å². The minimum atomic E-state index is -1.36. The predicted molar refractivity (Wildman–Crippen MR) is 84.1 cm³/mol. The molecule has 1 heterocycles. The quantitative estimate of drug-likeness (QED) is 0.779. The third-order valence-corrected chi connectivity index (χ3v) is 4.01. The van der Waals surface area contributed by atoms with Gasteiger partial charge in [-0.1, -0.05) is 19.1 Å². The van der Waals surface area contributed by atoms with Crippen LogP contribution in [-0.4, -0.2) is 51.1 Å². The Morgan fingerprint density at radius 3 is 2.05 bits per heavy atom. The lowest BCUT2D eigenvalue weighted by atomic mass is 10.2. The van der Waals surface area contributed by atoms with Crippen molar-refractivity contribution >= 4 is 20.9 Å². The molecule has 0 atom stereocenters. The molecule has 0 aliphatic carbocycles. The number of hydrogen-bond acceptors (Lipinski definition) is 5. The van der Waals surface area contributed by atoms with E-state index in [2.05, 4.69) is 48.0 Å². The average molecular weight is 297 g/mol. The zero-order valence-corrected chi connectivity index (χ0v) is 14.0. The van der Waals surface area contributed by atoms with Gasteiger partial charge < -0.3 is 23.1 Å². The molecule has 1 aromatic rings. The molecule has 0 fully saturated rings. The molecule has 6 heteroatoms. The average Bonchev–Trinajstić information content (AvgIpc) is 2.79. The van der Waals surface area contributed by atoms with Crippen molar-refractivity contribution in [1.82, 2.24) is 0 Å². The van der Waals surface area contributed by atoms with Crippen molar-refractivity contribution in [2.75, 3.05) is 51.4 Å². The summed E-state index contributed by atoms with van der Waals surface area (Å²) in [5.74, 6) is 0. The van der Waals surface area contributed by atoms with Crippen LogP contribution in [0.5, 0.6) is 0 Å². The first kappa shape index (κ1) is 17.0. The molecule has 0 N–H and O–H groups in total. The molecule has 0 unspecified atom stereocenters. The number of para-hydroxylation sites is 2. The minimum Gasteiger partial charge on any atom is -0.375 e. The number of rotatable bonds is 5. The van der Waals surface area contributed by atoms with Gasteiger partial charge in [0.25, 0.3) is 0 Å². The van der Waals surface area contributed by atoms with E-state index in [-0.39, 0.29) is 0 Å². The Morgan fingerprint density at radius 1 is 1.05 bits per heavy atom. The van der Waals surface area contributed by atoms with Crippen molar-refractivity contribution in [2.45, 2.75) is 13.3 Å². The standard InChI is InChI=1S/C11H16N2.C3H9O3Si/c1-3-8-13-9-12(2)10-6-4-5-7-11(10)13;1-4-7(5-2)6-3/h4-7H,3,8-9H2,1-2H3;1-3H3. The van der Waals surface area contributed by atoms with Gasteiger partial charge in [0.1, 0.15) is 0 Å². The van der Waals surface area contributed by atoms with Gasteiger partial charge in [0.2, 0.25) is 0 Å². The van der Waals surface area contributed by atoms with Gasteiger partial charge in [-0.3, -0.25) is 0 Å². The van der Waals surface area contributed by atoms with Gasteiger partial charge >= 0.3 is 9.53 Å². The third kappa shape index (κ3) is 4.48. The van der Waals surface area contributed by atoms with E-state index < -0.39 is 9.53 Å². The van der Waals surface area contributed by atoms with Crippen LogP contribution in [0.3, 0.4) is 0 Å². The Morgan fingerprint density at radius 2 is 1.60 bits per heavy atom. The van der Waals surface area contributed by atoms with E-state index in [1.807, 2.05) is 0 Å². The van der Waals surface area contributed by atoms with Crippen molar-refractivity contribution in [3.8, 4) is 0 Å². The number of anilines is 2. The lowest BCUT2D eigenvalue weighted by molar-refractivity contribution is 0.163. The first-order valence-electron chi connectivity index (χ1n) is 6.71. The van der Waals surface area contributed by atoms with Gasteiger partial charge in [-0.25, -0.2) is 0 Å². The molecule has 1 aliphatic heterocycles. The van der Waals surface area contributed by atoms with Gasteiger partial charge in [-0.05, 0) is 18.6 Å². The Hall–Kier alpha value is -1.08. The van der Waals surface area contributed by atoms with Gasteiger partial charge in [0.05, 0.1) is 18.0 Å². The van der Waals surface area contributed by atoms with Gasteiger partial charge in [-0.2, -0.15) is 0 Å². The molecule has 1 radical (unpaired) electrons. The molecule has 1 aromatic carbocycles. The van der Waals surface area contributed by atoms with Crippen LogP contribution in [0, 0.1) is 0 Å². The Bertz CT molecular complexity index is 383. The smallest absolute Gasteiger partial charge is 0.375 e. The molecular formula is C14H25N2O3Si. The molecule has 20 heavy (non-hydrogen) atoms. The highest BCUT2D eigenvalue weighted by Crippen LogP contribution is 2.34. The van der Waals surface area contributed by atoms with Crippen molar-refractivity contribution < 1.29 is 13.3 Å². The molecule has 0 amide bonds. The Labute approximate surface area is 124 Å². The number of hydrogen-bond donors (Lipinski definition) is 0. The van der Waals surface area contributed by atoms with E-state index in [9.17, 15) is 0 Å². The Kier molecular flexibility index (Phi) is 7.61. The highest BCUT2D eigenvalue weighted by atomic mass is 28.3. The van der Waals surface area contributed by atoms with E-state index in [1.54, 1.807) is 21.3 Å². The fourth-order valence-corrected chi connectivity index (χ4v) is 2.67. The summed E-state index contributed by atoms with van der Waals surface area (Å²) in [6.45, 7) is 4.41. The Balaban J connectivity index is 0.000000246. The van der Waals surface area contributed by atoms with Crippen LogP contribution in [0.15, 0.2) is 24.3 Å². The summed E-state index contributed by atoms with van der Waals surface area (Å²) < 4.78 is 14.1. The zero-order chi connectivity index (χ0) is 15.0. The topological polar surface area (TPSA) is 34.2 Å². The summed E-state index contributed by atoms with van der Waals surface area (Å²) in [6.07, 6.45) is 1.21. The fraction of sp³-hybridized carbons (Fsp3) is 0.571. The van der Waals surface area contributed by atoms with Crippen molar-refractivity contribution in [2.24, 2.45) is 0 Å². The number of benzene rings is 1. The summed E-state index contributed by atoms with van der Waals surface area (Å²) in [7, 11) is 5.46. The first-order valence-corrected chi connectivity index (χ1v) is 7.94. The lowest BCUT2D eigenvalue weighted by Gasteiger charge is -2.17. The highest BCUT2D eigenvalue weighted by Gasteiger charge is 2.20. The third-order valence-electron chi connectivity index (χ3n) is 3.01. The van der Waals surface area contributed by atoms with E-state index in [1.165, 1.54) is 17.8 Å². The number of fused-ring (bicyclic) bond motifs is 1. The summed E-state index contributed by atoms with van der Waals surface area (Å²) in [4.78, 5) is 4.72. The normalized spacial score (nSPS) is 13.3. The molecule has 1 aliphatic rings. The molecular weight excluding hydrogens is 272 g/mol. The molecule has 0 aromatic heterocycles. The van der Waals surface area contributed by atoms with Crippen molar-refractivity contribution in [1.29, 1.82) is 0 Å². The second kappa shape index (κ2) is 8.96. The van der Waals surface area contributed by atoms with Gasteiger partial charge in [0, 0.05) is 34.9 Å². The van der Waals surface area contributed by atoms with Crippen LogP contribution in [0.1, 0.15) is 13.3 Å². The van der Waals surface area contributed by atoms with E-state index in [0.717, 1.165) is 13.2 Å². The monoisotopic (exact) mass is 297 g/mol. The zero-order valence-electron chi connectivity index (χ0n) is 13.0. The largest absolute Gasteiger partial charge is 0.576 e. The van der Waals surface area contributed by atoms with Crippen molar-refractivity contribution in [3.05, 3.63) is 24.3 Å². The summed E-state index contributed by atoms with van der Waals surface area (Å²) in [5, 5.41) is 0. The maximum atomic E-state index is 4.71. The van der Waals surface area contributed by atoms with Crippen LogP contribution in [0.2, 0.25) is 0 Å². The second-order valence-electron chi connectivity index (χ2n) is 4.45. The number of nitrogens with zero attached hydrogens (tertiary/aromatic N) is 2. The van der Waals surface area contributed by atoms with E-state index in [4.69, 9.17) is 13.3 Å². The predicted octanol–water partition coefficient (Wildman–Crippen LogP) is 2.22. The molecule has 0 saturated carbocycles. The maximum absolute atomic E-state index is 4.71.